The van der Waals surface area contributed by atoms with E-state index in [1.807, 2.05) is 0 Å². The van der Waals surface area contributed by atoms with E-state index < -0.39 is 17.1 Å². The van der Waals surface area contributed by atoms with Gasteiger partial charge in [0.1, 0.15) is 6.54 Å². The molecule has 2 heterocycles. The molecular weight excluding hydrogens is 528 g/mol. The van der Waals surface area contributed by atoms with Gasteiger partial charge in [0.05, 0.1) is 34.2 Å². The van der Waals surface area contributed by atoms with E-state index in [-0.39, 0.29) is 41.3 Å². The fourth-order valence-electron chi connectivity index (χ4n) is 2.97. The Morgan fingerprint density at radius 3 is 2.66 bits per heavy atom. The highest BCUT2D eigenvalue weighted by molar-refractivity contribution is 9.10. The predicted molar refractivity (Wildman–Crippen MR) is 121 cm³/mol. The minimum absolute atomic E-state index is 0.174. The molecule has 9 nitrogen and oxygen atoms in total. The third-order valence-corrected chi connectivity index (χ3v) is 6.27. The van der Waals surface area contributed by atoms with Gasteiger partial charge in [0.2, 0.25) is 5.91 Å². The van der Waals surface area contributed by atoms with Crippen LogP contribution in [0.5, 0.6) is 5.75 Å². The van der Waals surface area contributed by atoms with Gasteiger partial charge in [0.25, 0.3) is 11.1 Å². The molecule has 3 amide bonds. The maximum Gasteiger partial charge on any atom is 0.344 e. The Morgan fingerprint density at radius 2 is 2.00 bits per heavy atom. The summed E-state index contributed by atoms with van der Waals surface area (Å²) in [5.74, 6) is -1.12. The largest absolute Gasteiger partial charge is 0.479 e. The topological polar surface area (TPSA) is 102 Å². The van der Waals surface area contributed by atoms with Crippen LogP contribution in [0.25, 0.3) is 6.08 Å². The summed E-state index contributed by atoms with van der Waals surface area (Å²) in [5, 5.41) is -0.306. The van der Waals surface area contributed by atoms with Gasteiger partial charge in [-0.15, -0.1) is 0 Å². The zero-order chi connectivity index (χ0) is 23.3. The van der Waals surface area contributed by atoms with Gasteiger partial charge in [0.15, 0.2) is 12.4 Å². The number of ether oxygens (including phenoxy) is 3. The monoisotopic (exact) mass is 546 g/mol. The number of carbonyl (C=O) groups is 4. The van der Waals surface area contributed by atoms with Crippen molar-refractivity contribution in [2.75, 3.05) is 46.1 Å². The van der Waals surface area contributed by atoms with Gasteiger partial charge in [0, 0.05) is 13.1 Å². The van der Waals surface area contributed by atoms with Crippen LogP contribution in [0.1, 0.15) is 12.5 Å². The number of rotatable bonds is 7. The maximum atomic E-state index is 12.7. The first-order valence-corrected chi connectivity index (χ1v) is 11.7. The van der Waals surface area contributed by atoms with Crippen LogP contribution in [0.4, 0.5) is 4.79 Å². The van der Waals surface area contributed by atoms with Crippen molar-refractivity contribution in [3.05, 3.63) is 32.1 Å². The highest BCUT2D eigenvalue weighted by atomic mass is 79.9. The van der Waals surface area contributed by atoms with Crippen LogP contribution in [0.3, 0.4) is 0 Å². The Labute approximate surface area is 202 Å². The van der Waals surface area contributed by atoms with Crippen LogP contribution >= 0.6 is 39.3 Å². The summed E-state index contributed by atoms with van der Waals surface area (Å²) in [6, 6.07) is 3.18. The van der Waals surface area contributed by atoms with Gasteiger partial charge < -0.3 is 19.1 Å². The lowest BCUT2D eigenvalue weighted by Crippen LogP contribution is -2.46. The molecule has 0 atom stereocenters. The molecule has 0 bridgehead atoms. The molecule has 1 aromatic rings. The molecule has 2 fully saturated rings. The highest BCUT2D eigenvalue weighted by Crippen LogP contribution is 2.37. The number of amides is 3. The second kappa shape index (κ2) is 11.2. The normalized spacial score (nSPS) is 17.8. The minimum atomic E-state index is -0.545. The summed E-state index contributed by atoms with van der Waals surface area (Å²) in [6.45, 7) is 3.04. The van der Waals surface area contributed by atoms with Gasteiger partial charge in [-0.05, 0) is 58.4 Å². The summed E-state index contributed by atoms with van der Waals surface area (Å²) >= 11 is 10.3. The first-order valence-electron chi connectivity index (χ1n) is 9.68. The van der Waals surface area contributed by atoms with E-state index in [0.717, 1.165) is 16.7 Å². The molecule has 2 aliphatic rings. The maximum absolute atomic E-state index is 12.7. The molecule has 0 N–H and O–H groups in total. The summed E-state index contributed by atoms with van der Waals surface area (Å²) in [5.41, 5.74) is 0.537. The Balaban J connectivity index is 1.69. The molecule has 1 aromatic carbocycles. The number of esters is 1. The molecule has 32 heavy (non-hydrogen) atoms. The second-order valence-electron chi connectivity index (χ2n) is 6.67. The Bertz CT molecular complexity index is 942. The summed E-state index contributed by atoms with van der Waals surface area (Å²) in [4.78, 5) is 51.6. The van der Waals surface area contributed by atoms with Crippen LogP contribution in [0.2, 0.25) is 5.02 Å². The number of carbonyl (C=O) groups excluding carboxylic acids is 4. The molecule has 3 rings (SSSR count). The molecular formula is C20H20BrClN2O7S. The highest BCUT2D eigenvalue weighted by Gasteiger charge is 2.37. The molecule has 172 valence electrons. The van der Waals surface area contributed by atoms with Crippen LogP contribution in [-0.4, -0.2) is 78.9 Å². The molecule has 2 saturated heterocycles. The number of morpholine rings is 1. The van der Waals surface area contributed by atoms with Gasteiger partial charge >= 0.3 is 5.97 Å². The summed E-state index contributed by atoms with van der Waals surface area (Å²) < 4.78 is 15.9. The number of thioether (sulfide) groups is 1. The SMILES string of the molecule is CCOC(=O)COc1c(Cl)cc(/C=C2/SC(=O)N(CC(=O)N3CCOCC3)C2=O)cc1Br. The number of benzene rings is 1. The van der Waals surface area contributed by atoms with E-state index in [1.54, 1.807) is 24.0 Å². The van der Waals surface area contributed by atoms with Crippen molar-refractivity contribution in [3.8, 4) is 5.75 Å². The third kappa shape index (κ3) is 6.03. The van der Waals surface area contributed by atoms with E-state index in [2.05, 4.69) is 15.9 Å². The molecule has 0 aromatic heterocycles. The summed E-state index contributed by atoms with van der Waals surface area (Å²) in [7, 11) is 0. The average Bonchev–Trinajstić information content (AvgIpc) is 3.01. The molecule has 0 radical (unpaired) electrons. The molecule has 0 unspecified atom stereocenters. The molecule has 0 spiro atoms. The standard InChI is InChI=1S/C20H20BrClN2O7S/c1-2-30-17(26)11-31-18-13(21)7-12(8-14(18)22)9-15-19(27)24(20(28)32-15)10-16(25)23-3-5-29-6-4-23/h7-9H,2-6,10-11H2,1H3/b15-9+. The van der Waals surface area contributed by atoms with E-state index in [9.17, 15) is 19.2 Å². The van der Waals surface area contributed by atoms with Crippen LogP contribution in [-0.2, 0) is 23.9 Å². The average molecular weight is 548 g/mol. The molecule has 2 aliphatic heterocycles. The quantitative estimate of drug-likeness (QED) is 0.379. The van der Waals surface area contributed by atoms with Crippen LogP contribution in [0.15, 0.2) is 21.5 Å². The van der Waals surface area contributed by atoms with Gasteiger partial charge in [-0.2, -0.15) is 0 Å². The lowest BCUT2D eigenvalue weighted by molar-refractivity contribution is -0.145. The van der Waals surface area contributed by atoms with Crippen LogP contribution < -0.4 is 4.74 Å². The summed E-state index contributed by atoms with van der Waals surface area (Å²) in [6.07, 6.45) is 1.51. The van der Waals surface area contributed by atoms with E-state index in [0.29, 0.717) is 36.3 Å². The van der Waals surface area contributed by atoms with Gasteiger partial charge in [-0.25, -0.2) is 4.79 Å². The van der Waals surface area contributed by atoms with E-state index in [4.69, 9.17) is 25.8 Å². The predicted octanol–water partition coefficient (Wildman–Crippen LogP) is 2.94. The molecule has 0 aliphatic carbocycles. The fourth-order valence-corrected chi connectivity index (χ4v) is 4.80. The van der Waals surface area contributed by atoms with E-state index in [1.165, 1.54) is 6.08 Å². The lowest BCUT2D eigenvalue weighted by atomic mass is 10.2. The van der Waals surface area contributed by atoms with Crippen LogP contribution in [0, 0.1) is 0 Å². The van der Waals surface area contributed by atoms with Crippen molar-refractivity contribution >= 4 is 68.4 Å². The number of imide groups is 1. The first kappa shape index (κ1) is 24.6. The van der Waals surface area contributed by atoms with Gasteiger partial charge in [-0.3, -0.25) is 19.3 Å². The number of hydrogen-bond donors (Lipinski definition) is 0. The molecule has 12 heteroatoms. The Morgan fingerprint density at radius 1 is 1.28 bits per heavy atom. The van der Waals surface area contributed by atoms with Crippen molar-refractivity contribution in [3.63, 3.8) is 0 Å². The van der Waals surface area contributed by atoms with Crippen molar-refractivity contribution in [2.24, 2.45) is 0 Å². The number of hydrogen-bond acceptors (Lipinski definition) is 8. The lowest BCUT2D eigenvalue weighted by Gasteiger charge is -2.28. The second-order valence-corrected chi connectivity index (χ2v) is 8.92. The number of halogens is 2. The zero-order valence-corrected chi connectivity index (χ0v) is 20.3. The smallest absolute Gasteiger partial charge is 0.344 e. The Hall–Kier alpha value is -2.08. The van der Waals surface area contributed by atoms with Crippen molar-refractivity contribution in [1.82, 2.24) is 9.80 Å². The first-order chi connectivity index (χ1) is 15.3. The van der Waals surface area contributed by atoms with E-state index >= 15 is 0 Å². The van der Waals surface area contributed by atoms with Crippen molar-refractivity contribution in [2.45, 2.75) is 6.92 Å². The van der Waals surface area contributed by atoms with Crippen molar-refractivity contribution < 1.29 is 33.4 Å². The fraction of sp³-hybridized carbons (Fsp3) is 0.400. The molecule has 0 saturated carbocycles. The number of nitrogens with zero attached hydrogens (tertiary/aromatic N) is 2. The minimum Gasteiger partial charge on any atom is -0.479 e. The Kier molecular flexibility index (Phi) is 8.57. The zero-order valence-electron chi connectivity index (χ0n) is 17.1. The van der Waals surface area contributed by atoms with Crippen molar-refractivity contribution in [1.29, 1.82) is 0 Å². The van der Waals surface area contributed by atoms with Gasteiger partial charge in [-0.1, -0.05) is 11.6 Å². The third-order valence-electron chi connectivity index (χ3n) is 4.49.